The summed E-state index contributed by atoms with van der Waals surface area (Å²) < 4.78 is 0. The minimum absolute atomic E-state index is 0.284. The molecule has 21 heavy (non-hydrogen) atoms. The number of anilines is 1. The van der Waals surface area contributed by atoms with Gasteiger partial charge in [0.25, 0.3) is 0 Å². The molecule has 3 heteroatoms. The maximum Gasteiger partial charge on any atom is 0.129 e. The number of rotatable bonds is 4. The summed E-state index contributed by atoms with van der Waals surface area (Å²) in [6.07, 6.45) is 5.65. The van der Waals surface area contributed by atoms with Crippen LogP contribution in [0.15, 0.2) is 23.8 Å². The van der Waals surface area contributed by atoms with Gasteiger partial charge >= 0.3 is 0 Å². The van der Waals surface area contributed by atoms with Crippen LogP contribution in [0.5, 0.6) is 0 Å². The molecule has 0 bridgehead atoms. The molecule has 0 aliphatic carbocycles. The Morgan fingerprint density at radius 2 is 2.05 bits per heavy atom. The first-order valence-corrected chi connectivity index (χ1v) is 8.08. The van der Waals surface area contributed by atoms with Crippen molar-refractivity contribution in [2.75, 3.05) is 18.0 Å². The lowest BCUT2D eigenvalue weighted by atomic mass is 9.83. The molecule has 0 aromatic carbocycles. The van der Waals surface area contributed by atoms with E-state index in [2.05, 4.69) is 50.8 Å². The summed E-state index contributed by atoms with van der Waals surface area (Å²) >= 11 is 0. The van der Waals surface area contributed by atoms with Crippen molar-refractivity contribution in [1.29, 1.82) is 0 Å². The summed E-state index contributed by atoms with van der Waals surface area (Å²) in [4.78, 5) is 7.19. The highest BCUT2D eigenvalue weighted by molar-refractivity contribution is 5.45. The molecule has 0 saturated heterocycles. The molecule has 0 saturated carbocycles. The number of nitrogens with zero attached hydrogens (tertiary/aromatic N) is 2. The van der Waals surface area contributed by atoms with Gasteiger partial charge in [-0.25, -0.2) is 4.98 Å². The van der Waals surface area contributed by atoms with Crippen LogP contribution in [0, 0.1) is 5.41 Å². The van der Waals surface area contributed by atoms with Crippen LogP contribution in [0.4, 0.5) is 5.82 Å². The number of hydrogen-bond donors (Lipinski definition) is 1. The van der Waals surface area contributed by atoms with Gasteiger partial charge in [0.1, 0.15) is 5.82 Å². The zero-order chi connectivity index (χ0) is 15.5. The summed E-state index contributed by atoms with van der Waals surface area (Å²) in [5.41, 5.74) is 10.0. The van der Waals surface area contributed by atoms with E-state index in [1.165, 1.54) is 11.3 Å². The molecule has 1 aromatic rings. The predicted octanol–water partition coefficient (Wildman–Crippen LogP) is 3.68. The van der Waals surface area contributed by atoms with Crippen molar-refractivity contribution in [2.45, 2.75) is 53.5 Å². The van der Waals surface area contributed by atoms with E-state index < -0.39 is 0 Å². The quantitative estimate of drug-likeness (QED) is 0.859. The van der Waals surface area contributed by atoms with Gasteiger partial charge in [-0.2, -0.15) is 0 Å². The molecule has 0 unspecified atom stereocenters. The lowest BCUT2D eigenvalue weighted by Gasteiger charge is -2.33. The van der Waals surface area contributed by atoms with Crippen LogP contribution in [0.1, 0.15) is 51.8 Å². The van der Waals surface area contributed by atoms with Gasteiger partial charge in [-0.15, -0.1) is 0 Å². The molecule has 1 aliphatic heterocycles. The second-order valence-corrected chi connectivity index (χ2v) is 6.95. The van der Waals surface area contributed by atoms with E-state index in [0.29, 0.717) is 6.54 Å². The summed E-state index contributed by atoms with van der Waals surface area (Å²) in [5, 5.41) is 0. The Kier molecular flexibility index (Phi) is 5.04. The van der Waals surface area contributed by atoms with E-state index in [-0.39, 0.29) is 5.41 Å². The molecular formula is C18H29N3. The third-order valence-electron chi connectivity index (χ3n) is 4.16. The molecule has 0 radical (unpaired) electrons. The van der Waals surface area contributed by atoms with E-state index in [4.69, 9.17) is 10.7 Å². The van der Waals surface area contributed by atoms with Gasteiger partial charge in [-0.1, -0.05) is 45.8 Å². The van der Waals surface area contributed by atoms with Crippen molar-refractivity contribution < 1.29 is 0 Å². The molecular weight excluding hydrogens is 258 g/mol. The Labute approximate surface area is 129 Å². The molecule has 2 heterocycles. The van der Waals surface area contributed by atoms with Crippen LogP contribution < -0.4 is 10.6 Å². The molecule has 2 N–H and O–H groups in total. The van der Waals surface area contributed by atoms with Crippen LogP contribution in [-0.2, 0) is 13.0 Å². The Morgan fingerprint density at radius 3 is 2.57 bits per heavy atom. The summed E-state index contributed by atoms with van der Waals surface area (Å²) in [7, 11) is 0. The number of nitrogens with two attached hydrogens (primary N) is 1. The molecule has 0 fully saturated rings. The molecule has 0 atom stereocenters. The van der Waals surface area contributed by atoms with Crippen molar-refractivity contribution in [1.82, 2.24) is 4.98 Å². The fourth-order valence-corrected chi connectivity index (χ4v) is 2.86. The Balaban J connectivity index is 2.19. The van der Waals surface area contributed by atoms with Crippen molar-refractivity contribution in [2.24, 2.45) is 11.1 Å². The zero-order valence-corrected chi connectivity index (χ0v) is 13.9. The maximum absolute atomic E-state index is 5.83. The summed E-state index contributed by atoms with van der Waals surface area (Å²) in [5.74, 6) is 1.09. The predicted molar refractivity (Wildman–Crippen MR) is 90.5 cm³/mol. The molecule has 1 aliphatic rings. The highest BCUT2D eigenvalue weighted by atomic mass is 15.2. The molecule has 116 valence electrons. The minimum atomic E-state index is 0.284. The van der Waals surface area contributed by atoms with Crippen LogP contribution in [0.2, 0.25) is 0 Å². The normalized spacial score (nSPS) is 16.0. The van der Waals surface area contributed by atoms with E-state index in [9.17, 15) is 0 Å². The van der Waals surface area contributed by atoms with Gasteiger partial charge in [0, 0.05) is 25.3 Å². The van der Waals surface area contributed by atoms with Crippen LogP contribution >= 0.6 is 0 Å². The average molecular weight is 287 g/mol. The number of aromatic nitrogens is 1. The minimum Gasteiger partial charge on any atom is -0.353 e. The first kappa shape index (κ1) is 16.0. The third kappa shape index (κ3) is 4.07. The maximum atomic E-state index is 5.83. The largest absolute Gasteiger partial charge is 0.353 e. The summed E-state index contributed by atoms with van der Waals surface area (Å²) in [6.45, 7) is 11.7. The number of pyridine rings is 1. The van der Waals surface area contributed by atoms with E-state index >= 15 is 0 Å². The van der Waals surface area contributed by atoms with Gasteiger partial charge < -0.3 is 10.6 Å². The van der Waals surface area contributed by atoms with E-state index in [1.807, 2.05) is 0 Å². The van der Waals surface area contributed by atoms with Crippen molar-refractivity contribution in [3.63, 3.8) is 0 Å². The van der Waals surface area contributed by atoms with Gasteiger partial charge in [0.15, 0.2) is 0 Å². The van der Waals surface area contributed by atoms with Crippen LogP contribution in [0.3, 0.4) is 0 Å². The van der Waals surface area contributed by atoms with Gasteiger partial charge in [-0.3, -0.25) is 0 Å². The van der Waals surface area contributed by atoms with Crippen LogP contribution in [0.25, 0.3) is 0 Å². The Bertz CT molecular complexity index is 512. The fraction of sp³-hybridized carbons (Fsp3) is 0.611. The first-order valence-electron chi connectivity index (χ1n) is 8.08. The topological polar surface area (TPSA) is 42.1 Å². The second kappa shape index (κ2) is 6.61. The van der Waals surface area contributed by atoms with Crippen molar-refractivity contribution in [3.05, 3.63) is 35.0 Å². The number of aryl methyl sites for hydroxylation is 1. The van der Waals surface area contributed by atoms with Gasteiger partial charge in [-0.05, 0) is 36.0 Å². The monoisotopic (exact) mass is 287 g/mol. The van der Waals surface area contributed by atoms with Crippen molar-refractivity contribution in [3.8, 4) is 0 Å². The molecule has 0 spiro atoms. The fourth-order valence-electron chi connectivity index (χ4n) is 2.86. The smallest absolute Gasteiger partial charge is 0.129 e. The lowest BCUT2D eigenvalue weighted by molar-refractivity contribution is 0.472. The zero-order valence-electron chi connectivity index (χ0n) is 13.9. The molecule has 2 rings (SSSR count). The SMILES string of the molecule is CCCc1cc(CN)cc(N2CC=C(C(C)(C)C)CC2)n1. The van der Waals surface area contributed by atoms with E-state index in [0.717, 1.165) is 38.2 Å². The first-order chi connectivity index (χ1) is 9.94. The van der Waals surface area contributed by atoms with Crippen molar-refractivity contribution >= 4 is 5.82 Å². The van der Waals surface area contributed by atoms with E-state index in [1.54, 1.807) is 5.57 Å². The molecule has 1 aromatic heterocycles. The van der Waals surface area contributed by atoms with Gasteiger partial charge in [0.2, 0.25) is 0 Å². The number of hydrogen-bond acceptors (Lipinski definition) is 3. The summed E-state index contributed by atoms with van der Waals surface area (Å²) in [6, 6.07) is 4.29. The Hall–Kier alpha value is -1.35. The molecule has 3 nitrogen and oxygen atoms in total. The highest BCUT2D eigenvalue weighted by Gasteiger charge is 2.22. The third-order valence-corrected chi connectivity index (χ3v) is 4.16. The second-order valence-electron chi connectivity index (χ2n) is 6.95. The van der Waals surface area contributed by atoms with Gasteiger partial charge in [0.05, 0.1) is 0 Å². The Morgan fingerprint density at radius 1 is 1.29 bits per heavy atom. The molecule has 0 amide bonds. The highest BCUT2D eigenvalue weighted by Crippen LogP contribution is 2.31. The van der Waals surface area contributed by atoms with Crippen LogP contribution in [-0.4, -0.2) is 18.1 Å². The standard InChI is InChI=1S/C18H29N3/c1-5-6-16-11-14(13-19)12-17(20-16)21-9-7-15(8-10-21)18(2,3)4/h7,11-12H,5-6,8-10,13,19H2,1-4H3. The average Bonchev–Trinajstić information content (AvgIpc) is 2.46. The lowest BCUT2D eigenvalue weighted by Crippen LogP contribution is -2.32.